The van der Waals surface area contributed by atoms with Crippen LogP contribution < -0.4 is 0 Å². The fraction of sp³-hybridized carbons (Fsp3) is 1.00. The summed E-state index contributed by atoms with van der Waals surface area (Å²) in [5.74, 6) is 0. The maximum atomic E-state index is 10.8. The van der Waals surface area contributed by atoms with Gasteiger partial charge in [0.05, 0.1) is 19.3 Å². The molecule has 2 fully saturated rings. The molecule has 232 valence electrons. The molecule has 0 bridgehead atoms. The summed E-state index contributed by atoms with van der Waals surface area (Å²) < 4.78 is 52.1. The Hall–Kier alpha value is 0.724. The average Bonchev–Trinajstić information content (AvgIpc) is 2.66. The zero-order valence-corrected chi connectivity index (χ0v) is 32.2. The molecule has 2 rings (SSSR count). The van der Waals surface area contributed by atoms with Gasteiger partial charge in [-0.15, -0.1) is 0 Å². The quantitative estimate of drug-likeness (QED) is 0.289. The van der Waals surface area contributed by atoms with Gasteiger partial charge in [-0.25, -0.2) is 0 Å². The van der Waals surface area contributed by atoms with E-state index in [0.29, 0.717) is 6.61 Å². The molecule has 2 heterocycles. The molecule has 0 aliphatic carbocycles. The monoisotopic (exact) mass is 642 g/mol. The molecule has 0 radical (unpaired) electrons. The Bertz CT molecular complexity index is 770. The van der Waals surface area contributed by atoms with Crippen LogP contribution in [0.5, 0.6) is 0 Å². The Balaban J connectivity index is 2.45. The van der Waals surface area contributed by atoms with Crippen LogP contribution in [-0.4, -0.2) is 109 Å². The molecule has 0 aromatic rings. The first kappa shape index (κ1) is 35.9. The van der Waals surface area contributed by atoms with E-state index in [0.717, 1.165) is 0 Å². The second-order valence-corrected chi connectivity index (χ2v) is 38.0. The average molecular weight is 643 g/mol. The van der Waals surface area contributed by atoms with E-state index in [1.54, 1.807) is 0 Å². The summed E-state index contributed by atoms with van der Waals surface area (Å²) in [5, 5.41) is 10.8. The third-order valence-corrected chi connectivity index (χ3v) is 10.5. The summed E-state index contributed by atoms with van der Waals surface area (Å²) in [6, 6.07) is 0. The van der Waals surface area contributed by atoms with E-state index < -0.39 is 78.6 Å². The summed E-state index contributed by atoms with van der Waals surface area (Å²) in [6.45, 7) is 32.7. The van der Waals surface area contributed by atoms with Crippen molar-refractivity contribution in [2.45, 2.75) is 147 Å². The maximum absolute atomic E-state index is 10.8. The molecule has 14 heteroatoms. The minimum atomic E-state index is -2.05. The highest BCUT2D eigenvalue weighted by Gasteiger charge is 2.51. The highest BCUT2D eigenvalue weighted by atomic mass is 28.4. The van der Waals surface area contributed by atoms with E-state index in [9.17, 15) is 5.11 Å². The maximum Gasteiger partial charge on any atom is 0.185 e. The van der Waals surface area contributed by atoms with Crippen molar-refractivity contribution < 1.29 is 41.4 Å². The van der Waals surface area contributed by atoms with E-state index in [1.807, 2.05) is 0 Å². The SMILES string of the molecule is C[Si](C)(C)O[C@@H]1[C@@H](O[Si](C)(C)C)[C@H](O[C@@H]2OC[C@@H](O[Si](C)(C)C)[C@H](O[Si](C)(C)C)[C@H]2O[Si](C)(C)C)CO[C@H]1O. The third-order valence-electron chi connectivity index (χ3n) is 5.56. The van der Waals surface area contributed by atoms with Crippen LogP contribution >= 0.6 is 0 Å². The van der Waals surface area contributed by atoms with E-state index in [4.69, 9.17) is 36.3 Å². The molecule has 2 saturated heterocycles. The van der Waals surface area contributed by atoms with Crippen molar-refractivity contribution >= 4 is 41.6 Å². The number of rotatable bonds is 12. The topological polar surface area (TPSA) is 94.1 Å². The number of ether oxygens (including phenoxy) is 3. The lowest BCUT2D eigenvalue weighted by atomic mass is 10.0. The van der Waals surface area contributed by atoms with Crippen molar-refractivity contribution in [2.24, 2.45) is 0 Å². The van der Waals surface area contributed by atoms with Crippen molar-refractivity contribution in [3.05, 3.63) is 0 Å². The largest absolute Gasteiger partial charge is 0.410 e. The molecule has 0 unspecified atom stereocenters. The van der Waals surface area contributed by atoms with Gasteiger partial charge in [0.2, 0.25) is 0 Å². The molecule has 9 nitrogen and oxygen atoms in total. The van der Waals surface area contributed by atoms with Gasteiger partial charge in [-0.05, 0) is 98.2 Å². The Labute approximate surface area is 243 Å². The number of aliphatic hydroxyl groups is 1. The van der Waals surface area contributed by atoms with E-state index in [2.05, 4.69) is 98.2 Å². The van der Waals surface area contributed by atoms with Crippen LogP contribution in [0.2, 0.25) is 98.2 Å². The molecule has 39 heavy (non-hydrogen) atoms. The zero-order valence-electron chi connectivity index (χ0n) is 27.2. The van der Waals surface area contributed by atoms with Gasteiger partial charge >= 0.3 is 0 Å². The first-order chi connectivity index (χ1) is 17.3. The Morgan fingerprint density at radius 1 is 0.462 bits per heavy atom. The van der Waals surface area contributed by atoms with Crippen LogP contribution in [0.1, 0.15) is 0 Å². The number of hydrogen-bond acceptors (Lipinski definition) is 9. The summed E-state index contributed by atoms with van der Waals surface area (Å²) >= 11 is 0. The van der Waals surface area contributed by atoms with Crippen molar-refractivity contribution in [3.8, 4) is 0 Å². The van der Waals surface area contributed by atoms with Gasteiger partial charge in [0.15, 0.2) is 54.2 Å². The van der Waals surface area contributed by atoms with Crippen LogP contribution in [0.15, 0.2) is 0 Å². The number of aliphatic hydroxyl groups excluding tert-OH is 1. The smallest absolute Gasteiger partial charge is 0.185 e. The predicted molar refractivity (Wildman–Crippen MR) is 168 cm³/mol. The van der Waals surface area contributed by atoms with E-state index in [1.165, 1.54) is 0 Å². The van der Waals surface area contributed by atoms with Crippen LogP contribution in [0.4, 0.5) is 0 Å². The van der Waals surface area contributed by atoms with E-state index in [-0.39, 0.29) is 18.8 Å². The third kappa shape index (κ3) is 12.9. The first-order valence-electron chi connectivity index (χ1n) is 14.3. The molecule has 0 aromatic heterocycles. The second kappa shape index (κ2) is 13.2. The normalized spacial score (nSPS) is 33.8. The van der Waals surface area contributed by atoms with Crippen molar-refractivity contribution in [2.75, 3.05) is 13.2 Å². The molecule has 2 aliphatic heterocycles. The molecule has 0 spiro atoms. The molecular formula is C25H58O9Si5. The highest BCUT2D eigenvalue weighted by Crippen LogP contribution is 2.34. The molecule has 0 amide bonds. The van der Waals surface area contributed by atoms with Gasteiger partial charge in [-0.3, -0.25) is 0 Å². The molecule has 2 aliphatic rings. The van der Waals surface area contributed by atoms with Gasteiger partial charge in [-0.2, -0.15) is 0 Å². The van der Waals surface area contributed by atoms with Crippen LogP contribution in [-0.2, 0) is 36.3 Å². The Kier molecular flexibility index (Phi) is 12.1. The fourth-order valence-electron chi connectivity index (χ4n) is 4.63. The number of hydrogen-bond donors (Lipinski definition) is 1. The summed E-state index contributed by atoms with van der Waals surface area (Å²) in [7, 11) is -10.0. The summed E-state index contributed by atoms with van der Waals surface area (Å²) in [4.78, 5) is 0. The Morgan fingerprint density at radius 2 is 0.821 bits per heavy atom. The standard InChI is InChI=1S/C25H58O9Si5/c1-35(2,3)30-19-17-28-25(23(34-39(13,14)15)21(19)32-37(7,8)9)29-18-16-27-24(26)22(33-38(10,11)12)20(18)31-36(4,5)6/h18-26H,16-17H2,1-15H3/t18-,19-,20+,21+,22-,23-,24-,25+/m1/s1. The van der Waals surface area contributed by atoms with Crippen LogP contribution in [0, 0.1) is 0 Å². The van der Waals surface area contributed by atoms with Gasteiger partial charge in [0.1, 0.15) is 30.5 Å². The van der Waals surface area contributed by atoms with Crippen molar-refractivity contribution in [1.82, 2.24) is 0 Å². The van der Waals surface area contributed by atoms with Crippen molar-refractivity contribution in [1.29, 1.82) is 0 Å². The first-order valence-corrected chi connectivity index (χ1v) is 31.3. The second-order valence-electron chi connectivity index (χ2n) is 15.6. The van der Waals surface area contributed by atoms with E-state index >= 15 is 0 Å². The molecule has 1 N–H and O–H groups in total. The lowest BCUT2D eigenvalue weighted by molar-refractivity contribution is -0.315. The molecule has 0 saturated carbocycles. The lowest BCUT2D eigenvalue weighted by Gasteiger charge is -2.50. The van der Waals surface area contributed by atoms with Gasteiger partial charge in [0.25, 0.3) is 0 Å². The molecule has 8 atom stereocenters. The zero-order chi connectivity index (χ0) is 30.2. The lowest BCUT2D eigenvalue weighted by Crippen LogP contribution is -2.65. The summed E-state index contributed by atoms with van der Waals surface area (Å²) in [5.41, 5.74) is 0. The predicted octanol–water partition coefficient (Wildman–Crippen LogP) is 5.18. The van der Waals surface area contributed by atoms with Crippen molar-refractivity contribution in [3.63, 3.8) is 0 Å². The van der Waals surface area contributed by atoms with Crippen LogP contribution in [0.3, 0.4) is 0 Å². The van der Waals surface area contributed by atoms with Gasteiger partial charge in [-0.1, -0.05) is 0 Å². The summed E-state index contributed by atoms with van der Waals surface area (Å²) in [6.07, 6.45) is -4.51. The minimum absolute atomic E-state index is 0.162. The van der Waals surface area contributed by atoms with Gasteiger partial charge in [0, 0.05) is 0 Å². The van der Waals surface area contributed by atoms with Crippen LogP contribution in [0.25, 0.3) is 0 Å². The fourth-order valence-corrected chi connectivity index (χ4v) is 10.1. The van der Waals surface area contributed by atoms with Gasteiger partial charge < -0.3 is 41.4 Å². The Morgan fingerprint density at radius 3 is 1.26 bits per heavy atom. The molecule has 0 aromatic carbocycles. The highest BCUT2D eigenvalue weighted by molar-refractivity contribution is 6.71. The minimum Gasteiger partial charge on any atom is -0.410 e. The molecular weight excluding hydrogens is 585 g/mol.